The highest BCUT2D eigenvalue weighted by molar-refractivity contribution is 5.56. The zero-order valence-corrected chi connectivity index (χ0v) is 9.84. The van der Waals surface area contributed by atoms with Crippen molar-refractivity contribution in [3.63, 3.8) is 0 Å². The Kier molecular flexibility index (Phi) is 3.77. The number of nitrogens with zero attached hydrogens (tertiary/aromatic N) is 2. The molecule has 2 rings (SSSR count). The molecular weight excluding hydrogens is 226 g/mol. The Bertz CT molecular complexity index is 561. The van der Waals surface area contributed by atoms with Gasteiger partial charge in [0, 0.05) is 18.8 Å². The second-order valence-corrected chi connectivity index (χ2v) is 3.82. The van der Waals surface area contributed by atoms with Crippen LogP contribution in [0.3, 0.4) is 0 Å². The number of ether oxygens (including phenoxy) is 1. The number of anilines is 1. The van der Waals surface area contributed by atoms with Crippen molar-refractivity contribution in [3.8, 4) is 11.8 Å². The monoisotopic (exact) mass is 239 g/mol. The Morgan fingerprint density at radius 2 is 2.00 bits per heavy atom. The maximum absolute atomic E-state index is 8.73. The van der Waals surface area contributed by atoms with Gasteiger partial charge in [0.2, 0.25) is 0 Å². The fourth-order valence-electron chi connectivity index (χ4n) is 1.58. The third-order valence-electron chi connectivity index (χ3n) is 2.54. The normalized spacial score (nSPS) is 9.72. The van der Waals surface area contributed by atoms with Crippen LogP contribution in [0.2, 0.25) is 0 Å². The van der Waals surface area contributed by atoms with E-state index >= 15 is 0 Å². The number of nitriles is 1. The van der Waals surface area contributed by atoms with Crippen LogP contribution in [-0.2, 0) is 6.42 Å². The largest absolute Gasteiger partial charge is 0.491 e. The molecule has 0 aliphatic heterocycles. The van der Waals surface area contributed by atoms with Crippen molar-refractivity contribution in [2.45, 2.75) is 6.42 Å². The van der Waals surface area contributed by atoms with Gasteiger partial charge in [0.05, 0.1) is 23.9 Å². The van der Waals surface area contributed by atoms with Crippen LogP contribution in [0, 0.1) is 11.3 Å². The van der Waals surface area contributed by atoms with E-state index in [4.69, 9.17) is 15.7 Å². The molecule has 4 nitrogen and oxygen atoms in total. The summed E-state index contributed by atoms with van der Waals surface area (Å²) in [6.07, 6.45) is 4.30. The fraction of sp³-hybridized carbons (Fsp3) is 0.143. The molecule has 0 bridgehead atoms. The molecule has 0 unspecified atom stereocenters. The predicted octanol–water partition coefficient (Wildman–Crippen LogP) is 2.16. The van der Waals surface area contributed by atoms with Gasteiger partial charge >= 0.3 is 0 Å². The minimum Gasteiger partial charge on any atom is -0.491 e. The van der Waals surface area contributed by atoms with E-state index in [-0.39, 0.29) is 0 Å². The fourth-order valence-corrected chi connectivity index (χ4v) is 1.58. The standard InChI is InChI=1S/C14H13N3O/c15-10-12-1-2-14(13(16)9-12)18-8-5-11-3-6-17-7-4-11/h1-4,6-7,9H,5,8,16H2. The average molecular weight is 239 g/mol. The van der Waals surface area contributed by atoms with Gasteiger partial charge in [0.25, 0.3) is 0 Å². The number of nitrogens with two attached hydrogens (primary N) is 1. The van der Waals surface area contributed by atoms with Crippen LogP contribution in [0.5, 0.6) is 5.75 Å². The summed E-state index contributed by atoms with van der Waals surface area (Å²) in [4.78, 5) is 3.95. The van der Waals surface area contributed by atoms with E-state index in [1.165, 1.54) is 0 Å². The summed E-state index contributed by atoms with van der Waals surface area (Å²) in [6.45, 7) is 0.542. The highest BCUT2D eigenvalue weighted by atomic mass is 16.5. The first-order valence-corrected chi connectivity index (χ1v) is 5.61. The summed E-state index contributed by atoms with van der Waals surface area (Å²) in [5.74, 6) is 0.614. The molecule has 0 amide bonds. The highest BCUT2D eigenvalue weighted by Gasteiger charge is 2.02. The van der Waals surface area contributed by atoms with Gasteiger partial charge in [-0.05, 0) is 35.9 Å². The minimum absolute atomic E-state index is 0.490. The lowest BCUT2D eigenvalue weighted by Gasteiger charge is -2.08. The van der Waals surface area contributed by atoms with Crippen molar-refractivity contribution in [2.24, 2.45) is 0 Å². The second-order valence-electron chi connectivity index (χ2n) is 3.82. The lowest BCUT2D eigenvalue weighted by molar-refractivity contribution is 0.323. The lowest BCUT2D eigenvalue weighted by atomic mass is 10.2. The van der Waals surface area contributed by atoms with Crippen LogP contribution >= 0.6 is 0 Å². The van der Waals surface area contributed by atoms with Crippen LogP contribution in [0.15, 0.2) is 42.7 Å². The quantitative estimate of drug-likeness (QED) is 0.830. The first kappa shape index (κ1) is 11.9. The van der Waals surface area contributed by atoms with Crippen LogP contribution in [-0.4, -0.2) is 11.6 Å². The number of hydrogen-bond donors (Lipinski definition) is 1. The molecule has 2 aromatic rings. The topological polar surface area (TPSA) is 71.9 Å². The maximum Gasteiger partial charge on any atom is 0.142 e. The van der Waals surface area contributed by atoms with Crippen molar-refractivity contribution in [1.29, 1.82) is 5.26 Å². The van der Waals surface area contributed by atoms with Gasteiger partial charge in [-0.25, -0.2) is 0 Å². The number of benzene rings is 1. The molecule has 0 saturated heterocycles. The van der Waals surface area contributed by atoms with Crippen LogP contribution < -0.4 is 10.5 Å². The van der Waals surface area contributed by atoms with E-state index in [9.17, 15) is 0 Å². The molecule has 1 aromatic carbocycles. The summed E-state index contributed by atoms with van der Waals surface area (Å²) < 4.78 is 5.59. The summed E-state index contributed by atoms with van der Waals surface area (Å²) in [5.41, 5.74) is 7.98. The van der Waals surface area contributed by atoms with Crippen LogP contribution in [0.25, 0.3) is 0 Å². The first-order valence-electron chi connectivity index (χ1n) is 5.61. The third-order valence-corrected chi connectivity index (χ3v) is 2.54. The molecule has 0 fully saturated rings. The average Bonchev–Trinajstić information content (AvgIpc) is 2.42. The first-order chi connectivity index (χ1) is 8.79. The number of pyridine rings is 1. The van der Waals surface area contributed by atoms with Crippen molar-refractivity contribution in [3.05, 3.63) is 53.9 Å². The number of aromatic nitrogens is 1. The van der Waals surface area contributed by atoms with Gasteiger partial charge in [-0.1, -0.05) is 0 Å². The zero-order chi connectivity index (χ0) is 12.8. The summed E-state index contributed by atoms with van der Waals surface area (Å²) in [7, 11) is 0. The van der Waals surface area contributed by atoms with E-state index in [2.05, 4.69) is 4.98 Å². The Labute approximate surface area is 106 Å². The van der Waals surface area contributed by atoms with E-state index in [0.29, 0.717) is 23.6 Å². The summed E-state index contributed by atoms with van der Waals surface area (Å²) in [6, 6.07) is 11.0. The molecule has 0 radical (unpaired) electrons. The Morgan fingerprint density at radius 3 is 2.67 bits per heavy atom. The smallest absolute Gasteiger partial charge is 0.142 e. The molecule has 2 N–H and O–H groups in total. The SMILES string of the molecule is N#Cc1ccc(OCCc2ccncc2)c(N)c1. The van der Waals surface area contributed by atoms with Crippen molar-refractivity contribution >= 4 is 5.69 Å². The van der Waals surface area contributed by atoms with Gasteiger partial charge in [-0.3, -0.25) is 4.98 Å². The molecule has 0 aliphatic carbocycles. The Hall–Kier alpha value is -2.54. The molecule has 0 aliphatic rings. The van der Waals surface area contributed by atoms with Gasteiger partial charge in [-0.2, -0.15) is 5.26 Å². The molecule has 0 spiro atoms. The predicted molar refractivity (Wildman–Crippen MR) is 69.0 cm³/mol. The van der Waals surface area contributed by atoms with Gasteiger partial charge < -0.3 is 10.5 Å². The Morgan fingerprint density at radius 1 is 1.22 bits per heavy atom. The molecule has 0 saturated carbocycles. The van der Waals surface area contributed by atoms with E-state index in [1.54, 1.807) is 30.6 Å². The van der Waals surface area contributed by atoms with Gasteiger partial charge in [0.15, 0.2) is 0 Å². The van der Waals surface area contributed by atoms with Gasteiger partial charge in [0.1, 0.15) is 5.75 Å². The van der Waals surface area contributed by atoms with Gasteiger partial charge in [-0.15, -0.1) is 0 Å². The van der Waals surface area contributed by atoms with Crippen LogP contribution in [0.1, 0.15) is 11.1 Å². The zero-order valence-electron chi connectivity index (χ0n) is 9.84. The Balaban J connectivity index is 1.93. The molecule has 1 aromatic heterocycles. The molecule has 90 valence electrons. The maximum atomic E-state index is 8.73. The van der Waals surface area contributed by atoms with Crippen molar-refractivity contribution in [2.75, 3.05) is 12.3 Å². The van der Waals surface area contributed by atoms with E-state index < -0.39 is 0 Å². The molecular formula is C14H13N3O. The summed E-state index contributed by atoms with van der Waals surface area (Å²) >= 11 is 0. The summed E-state index contributed by atoms with van der Waals surface area (Å²) in [5, 5.41) is 8.73. The number of hydrogen-bond acceptors (Lipinski definition) is 4. The van der Waals surface area contributed by atoms with Crippen molar-refractivity contribution in [1.82, 2.24) is 4.98 Å². The molecule has 4 heteroatoms. The lowest BCUT2D eigenvalue weighted by Crippen LogP contribution is -2.03. The van der Waals surface area contributed by atoms with E-state index in [0.717, 1.165) is 12.0 Å². The van der Waals surface area contributed by atoms with Crippen LogP contribution in [0.4, 0.5) is 5.69 Å². The molecule has 0 atom stereocenters. The second kappa shape index (κ2) is 5.69. The molecule has 1 heterocycles. The highest BCUT2D eigenvalue weighted by Crippen LogP contribution is 2.22. The minimum atomic E-state index is 0.490. The number of nitrogen functional groups attached to an aromatic ring is 1. The number of rotatable bonds is 4. The van der Waals surface area contributed by atoms with Crippen molar-refractivity contribution < 1.29 is 4.74 Å². The molecule has 18 heavy (non-hydrogen) atoms. The third kappa shape index (κ3) is 2.98. The van der Waals surface area contributed by atoms with E-state index in [1.807, 2.05) is 18.2 Å².